The minimum absolute atomic E-state index is 0.0108. The summed E-state index contributed by atoms with van der Waals surface area (Å²) in [6, 6.07) is 16.8. The van der Waals surface area contributed by atoms with Crippen LogP contribution < -0.4 is 4.74 Å². The zero-order valence-corrected chi connectivity index (χ0v) is 14.1. The maximum Gasteiger partial charge on any atom is 0.196 e. The summed E-state index contributed by atoms with van der Waals surface area (Å²) in [5.41, 5.74) is 1.33. The summed E-state index contributed by atoms with van der Waals surface area (Å²) in [4.78, 5) is 12.5. The SMILES string of the molecule is C=CC.CCCCCOc1ccccc1C(=O)c1ccccc1. The van der Waals surface area contributed by atoms with Gasteiger partial charge < -0.3 is 4.74 Å². The average molecular weight is 310 g/mol. The van der Waals surface area contributed by atoms with Crippen LogP contribution in [0.4, 0.5) is 0 Å². The molecule has 0 aliphatic carbocycles. The highest BCUT2D eigenvalue weighted by atomic mass is 16.5. The normalized spacial score (nSPS) is 9.48. The molecule has 2 rings (SSSR count). The van der Waals surface area contributed by atoms with Gasteiger partial charge in [0.1, 0.15) is 5.75 Å². The van der Waals surface area contributed by atoms with E-state index in [-0.39, 0.29) is 5.78 Å². The van der Waals surface area contributed by atoms with E-state index in [1.807, 2.05) is 61.5 Å². The van der Waals surface area contributed by atoms with Crippen LogP contribution in [0.1, 0.15) is 49.0 Å². The van der Waals surface area contributed by atoms with Gasteiger partial charge in [-0.2, -0.15) is 0 Å². The molecule has 0 spiro atoms. The highest BCUT2D eigenvalue weighted by Crippen LogP contribution is 2.21. The molecule has 0 unspecified atom stereocenters. The first-order chi connectivity index (χ1) is 11.2. The van der Waals surface area contributed by atoms with E-state index in [9.17, 15) is 4.79 Å². The fourth-order valence-corrected chi connectivity index (χ4v) is 2.06. The Hall–Kier alpha value is -2.35. The summed E-state index contributed by atoms with van der Waals surface area (Å²) in [5.74, 6) is 0.689. The molecule has 0 N–H and O–H groups in total. The van der Waals surface area contributed by atoms with E-state index >= 15 is 0 Å². The molecule has 0 aromatic heterocycles. The van der Waals surface area contributed by atoms with Gasteiger partial charge in [-0.05, 0) is 25.5 Å². The molecule has 0 radical (unpaired) electrons. The molecule has 23 heavy (non-hydrogen) atoms. The molecule has 2 heteroatoms. The first-order valence-corrected chi connectivity index (χ1v) is 8.13. The maximum atomic E-state index is 12.5. The Bertz CT molecular complexity index is 588. The van der Waals surface area contributed by atoms with Crippen LogP contribution in [0.15, 0.2) is 67.3 Å². The second-order valence-corrected chi connectivity index (χ2v) is 5.16. The highest BCUT2D eigenvalue weighted by molar-refractivity contribution is 6.10. The summed E-state index contributed by atoms with van der Waals surface area (Å²) in [6.07, 6.45) is 5.08. The number of para-hydroxylation sites is 1. The van der Waals surface area contributed by atoms with Crippen molar-refractivity contribution in [1.82, 2.24) is 0 Å². The summed E-state index contributed by atoms with van der Waals surface area (Å²) >= 11 is 0. The Morgan fingerprint density at radius 1 is 1.04 bits per heavy atom. The molecule has 0 aliphatic rings. The molecule has 2 nitrogen and oxygen atoms in total. The van der Waals surface area contributed by atoms with E-state index in [1.165, 1.54) is 0 Å². The minimum atomic E-state index is 0.0108. The Kier molecular flexibility index (Phi) is 9.14. The van der Waals surface area contributed by atoms with Crippen LogP contribution in [0, 0.1) is 0 Å². The number of allylic oxidation sites excluding steroid dienone is 1. The number of unbranched alkanes of at least 4 members (excludes halogenated alkanes) is 2. The predicted octanol–water partition coefficient (Wildman–Crippen LogP) is 5.68. The van der Waals surface area contributed by atoms with Crippen molar-refractivity contribution in [3.8, 4) is 5.75 Å². The Balaban J connectivity index is 0.000000816. The van der Waals surface area contributed by atoms with Crippen molar-refractivity contribution in [2.75, 3.05) is 6.61 Å². The van der Waals surface area contributed by atoms with Gasteiger partial charge in [0.25, 0.3) is 0 Å². The van der Waals surface area contributed by atoms with Gasteiger partial charge in [-0.25, -0.2) is 0 Å². The molecule has 0 amide bonds. The predicted molar refractivity (Wildman–Crippen MR) is 97.2 cm³/mol. The highest BCUT2D eigenvalue weighted by Gasteiger charge is 2.13. The quantitative estimate of drug-likeness (QED) is 0.373. The smallest absolute Gasteiger partial charge is 0.196 e. The van der Waals surface area contributed by atoms with E-state index in [4.69, 9.17) is 4.74 Å². The number of benzene rings is 2. The lowest BCUT2D eigenvalue weighted by atomic mass is 10.0. The summed E-state index contributed by atoms with van der Waals surface area (Å²) < 4.78 is 5.76. The lowest BCUT2D eigenvalue weighted by Crippen LogP contribution is -2.06. The Morgan fingerprint density at radius 3 is 2.30 bits per heavy atom. The summed E-state index contributed by atoms with van der Waals surface area (Å²) in [5, 5.41) is 0. The second-order valence-electron chi connectivity index (χ2n) is 5.16. The molecular formula is C21H26O2. The van der Waals surface area contributed by atoms with Gasteiger partial charge in [0, 0.05) is 5.56 Å². The number of rotatable bonds is 7. The van der Waals surface area contributed by atoms with Gasteiger partial charge in [0.2, 0.25) is 0 Å². The third-order valence-electron chi connectivity index (χ3n) is 3.17. The zero-order chi connectivity index (χ0) is 16.9. The zero-order valence-electron chi connectivity index (χ0n) is 14.1. The van der Waals surface area contributed by atoms with Crippen LogP contribution >= 0.6 is 0 Å². The van der Waals surface area contributed by atoms with E-state index in [0.717, 1.165) is 19.3 Å². The van der Waals surface area contributed by atoms with E-state index in [2.05, 4.69) is 13.5 Å². The Labute approximate surface area is 139 Å². The maximum absolute atomic E-state index is 12.5. The van der Waals surface area contributed by atoms with Gasteiger partial charge in [0.05, 0.1) is 12.2 Å². The molecule has 0 atom stereocenters. The first kappa shape index (κ1) is 18.7. The van der Waals surface area contributed by atoms with Gasteiger partial charge in [-0.15, -0.1) is 6.58 Å². The van der Waals surface area contributed by atoms with Gasteiger partial charge in [0.15, 0.2) is 5.78 Å². The third-order valence-corrected chi connectivity index (χ3v) is 3.17. The number of ether oxygens (including phenoxy) is 1. The number of hydrogen-bond acceptors (Lipinski definition) is 2. The molecular weight excluding hydrogens is 284 g/mol. The molecule has 0 fully saturated rings. The Morgan fingerprint density at radius 2 is 1.65 bits per heavy atom. The van der Waals surface area contributed by atoms with Crippen LogP contribution in [-0.4, -0.2) is 12.4 Å². The van der Waals surface area contributed by atoms with Crippen molar-refractivity contribution < 1.29 is 9.53 Å². The van der Waals surface area contributed by atoms with Crippen molar-refractivity contribution in [2.24, 2.45) is 0 Å². The van der Waals surface area contributed by atoms with Crippen LogP contribution in [0.2, 0.25) is 0 Å². The molecule has 122 valence electrons. The molecule has 0 heterocycles. The van der Waals surface area contributed by atoms with Crippen LogP contribution in [0.3, 0.4) is 0 Å². The number of carbonyl (C=O) groups is 1. The molecule has 0 saturated heterocycles. The number of ketones is 1. The fourth-order valence-electron chi connectivity index (χ4n) is 2.06. The number of carbonyl (C=O) groups excluding carboxylic acids is 1. The molecule has 0 saturated carbocycles. The first-order valence-electron chi connectivity index (χ1n) is 8.13. The molecule has 0 bridgehead atoms. The second kappa shape index (κ2) is 11.2. The topological polar surface area (TPSA) is 26.3 Å². The van der Waals surface area contributed by atoms with Crippen molar-refractivity contribution in [1.29, 1.82) is 0 Å². The van der Waals surface area contributed by atoms with Crippen molar-refractivity contribution in [2.45, 2.75) is 33.1 Å². The van der Waals surface area contributed by atoms with E-state index in [0.29, 0.717) is 23.5 Å². The minimum Gasteiger partial charge on any atom is -0.493 e. The lowest BCUT2D eigenvalue weighted by Gasteiger charge is -2.10. The van der Waals surface area contributed by atoms with Crippen molar-refractivity contribution in [3.63, 3.8) is 0 Å². The standard InChI is InChI=1S/C18H20O2.C3H6/c1-2-3-9-14-20-17-13-8-7-12-16(17)18(19)15-10-5-4-6-11-15;1-3-2/h4-8,10-13H,2-3,9,14H2,1H3;3H,1H2,2H3. The largest absolute Gasteiger partial charge is 0.493 e. The lowest BCUT2D eigenvalue weighted by molar-refractivity contribution is 0.103. The summed E-state index contributed by atoms with van der Waals surface area (Å²) in [6.45, 7) is 8.07. The van der Waals surface area contributed by atoms with Gasteiger partial charge in [-0.1, -0.05) is 68.3 Å². The average Bonchev–Trinajstić information content (AvgIpc) is 2.60. The van der Waals surface area contributed by atoms with Crippen molar-refractivity contribution in [3.05, 3.63) is 78.4 Å². The molecule has 2 aromatic rings. The van der Waals surface area contributed by atoms with Gasteiger partial charge in [-0.3, -0.25) is 4.79 Å². The summed E-state index contributed by atoms with van der Waals surface area (Å²) in [7, 11) is 0. The van der Waals surface area contributed by atoms with Crippen LogP contribution in [-0.2, 0) is 0 Å². The third kappa shape index (κ3) is 6.52. The van der Waals surface area contributed by atoms with Crippen LogP contribution in [0.25, 0.3) is 0 Å². The van der Waals surface area contributed by atoms with Gasteiger partial charge >= 0.3 is 0 Å². The monoisotopic (exact) mass is 310 g/mol. The van der Waals surface area contributed by atoms with E-state index < -0.39 is 0 Å². The fraction of sp³-hybridized carbons (Fsp3) is 0.286. The van der Waals surface area contributed by atoms with Crippen molar-refractivity contribution >= 4 is 5.78 Å². The molecule has 2 aromatic carbocycles. The van der Waals surface area contributed by atoms with E-state index in [1.54, 1.807) is 6.08 Å². The number of hydrogen-bond donors (Lipinski definition) is 0. The van der Waals surface area contributed by atoms with Crippen LogP contribution in [0.5, 0.6) is 5.75 Å². The molecule has 0 aliphatic heterocycles.